The second-order valence-corrected chi connectivity index (χ2v) is 5.83. The zero-order chi connectivity index (χ0) is 17.2. The lowest BCUT2D eigenvalue weighted by atomic mass is 9.90. The number of nitrogens with zero attached hydrogens (tertiary/aromatic N) is 1. The highest BCUT2D eigenvalue weighted by molar-refractivity contribution is 6.31. The van der Waals surface area contributed by atoms with E-state index in [9.17, 15) is 0 Å². The molecule has 1 aromatic carbocycles. The molecule has 22 heavy (non-hydrogen) atoms. The van der Waals surface area contributed by atoms with Crippen LogP contribution in [0.5, 0.6) is 0 Å². The average Bonchev–Trinajstić information content (AvgIpc) is 2.56. The molecule has 0 saturated carbocycles. The summed E-state index contributed by atoms with van der Waals surface area (Å²) in [4.78, 5) is 4.34. The molecule has 0 aliphatic rings. The minimum atomic E-state index is 0.294. The van der Waals surface area contributed by atoms with Gasteiger partial charge in [-0.05, 0) is 36.1 Å². The van der Waals surface area contributed by atoms with Crippen molar-refractivity contribution in [2.24, 2.45) is 5.41 Å². The molecule has 0 saturated heterocycles. The lowest BCUT2D eigenvalue weighted by Crippen LogP contribution is -2.22. The molecular formula is C19H31ClN2. The lowest BCUT2D eigenvalue weighted by molar-refractivity contribution is 0.377. The average molecular weight is 323 g/mol. The maximum atomic E-state index is 5.98. The van der Waals surface area contributed by atoms with E-state index in [4.69, 9.17) is 11.6 Å². The maximum absolute atomic E-state index is 5.98. The quantitative estimate of drug-likeness (QED) is 0.670. The van der Waals surface area contributed by atoms with E-state index in [1.54, 1.807) is 0 Å². The first-order valence-electron chi connectivity index (χ1n) is 8.30. The molecule has 1 heterocycles. The van der Waals surface area contributed by atoms with Crippen molar-refractivity contribution in [3.8, 4) is 0 Å². The summed E-state index contributed by atoms with van der Waals surface area (Å²) in [5.41, 5.74) is 2.35. The van der Waals surface area contributed by atoms with E-state index < -0.39 is 0 Å². The Morgan fingerprint density at radius 2 is 1.73 bits per heavy atom. The highest BCUT2D eigenvalue weighted by Crippen LogP contribution is 2.26. The highest BCUT2D eigenvalue weighted by Gasteiger charge is 2.15. The number of pyridine rings is 1. The Balaban J connectivity index is 0.00000102. The van der Waals surface area contributed by atoms with Crippen LogP contribution in [0.15, 0.2) is 30.5 Å². The predicted octanol–water partition coefficient (Wildman–Crippen LogP) is 6.79. The molecule has 0 fully saturated rings. The second kappa shape index (κ2) is 10.4. The molecule has 3 heteroatoms. The first-order valence-corrected chi connectivity index (χ1v) is 8.68. The standard InChI is InChI=1S/C15H19ClN2.2C2H6/c1-4-15(2,3)10-18-13-7-8-17-14-9-11(16)5-6-12(13)14;2*1-2/h5-9H,4,10H2,1-3H3,(H,17,18);2*1-2H3. The molecule has 0 spiro atoms. The van der Waals surface area contributed by atoms with Gasteiger partial charge >= 0.3 is 0 Å². The summed E-state index contributed by atoms with van der Waals surface area (Å²) in [5.74, 6) is 0. The van der Waals surface area contributed by atoms with Crippen LogP contribution in [0.1, 0.15) is 54.9 Å². The Morgan fingerprint density at radius 3 is 2.32 bits per heavy atom. The van der Waals surface area contributed by atoms with Crippen molar-refractivity contribution in [3.05, 3.63) is 35.5 Å². The molecule has 0 radical (unpaired) electrons. The highest BCUT2D eigenvalue weighted by atomic mass is 35.5. The molecule has 0 atom stereocenters. The monoisotopic (exact) mass is 322 g/mol. The molecule has 0 aliphatic carbocycles. The first kappa shape index (κ1) is 20.7. The van der Waals surface area contributed by atoms with E-state index in [1.165, 1.54) is 0 Å². The Hall–Kier alpha value is -1.28. The normalized spacial score (nSPS) is 10.2. The molecule has 1 N–H and O–H groups in total. The smallest absolute Gasteiger partial charge is 0.0737 e. The van der Waals surface area contributed by atoms with Crippen molar-refractivity contribution in [2.45, 2.75) is 54.9 Å². The van der Waals surface area contributed by atoms with E-state index in [1.807, 2.05) is 58.2 Å². The summed E-state index contributed by atoms with van der Waals surface area (Å²) in [6.07, 6.45) is 2.97. The summed E-state index contributed by atoms with van der Waals surface area (Å²) < 4.78 is 0. The molecule has 0 bridgehead atoms. The van der Waals surface area contributed by atoms with Crippen LogP contribution in [-0.4, -0.2) is 11.5 Å². The van der Waals surface area contributed by atoms with Gasteiger partial charge in [0, 0.05) is 28.8 Å². The molecule has 2 aromatic rings. The SMILES string of the molecule is CC.CC.CCC(C)(C)CNc1ccnc2cc(Cl)ccc12. The maximum Gasteiger partial charge on any atom is 0.0737 e. The van der Waals surface area contributed by atoms with Gasteiger partial charge in [0.25, 0.3) is 0 Å². The van der Waals surface area contributed by atoms with Crippen LogP contribution in [0.25, 0.3) is 10.9 Å². The Kier molecular flexibility index (Phi) is 9.84. The van der Waals surface area contributed by atoms with Gasteiger partial charge in [0.1, 0.15) is 0 Å². The number of anilines is 1. The first-order chi connectivity index (χ1) is 10.5. The second-order valence-electron chi connectivity index (χ2n) is 5.39. The van der Waals surface area contributed by atoms with E-state index in [0.29, 0.717) is 5.41 Å². The van der Waals surface area contributed by atoms with Crippen molar-refractivity contribution in [1.82, 2.24) is 4.98 Å². The third-order valence-electron chi connectivity index (χ3n) is 3.42. The number of hydrogen-bond acceptors (Lipinski definition) is 2. The van der Waals surface area contributed by atoms with Crippen LogP contribution in [0.3, 0.4) is 0 Å². The van der Waals surface area contributed by atoms with Gasteiger partial charge in [-0.2, -0.15) is 0 Å². The van der Waals surface area contributed by atoms with Gasteiger partial charge in [0.05, 0.1) is 5.52 Å². The number of rotatable bonds is 4. The topological polar surface area (TPSA) is 24.9 Å². The third kappa shape index (κ3) is 6.23. The fraction of sp³-hybridized carbons (Fsp3) is 0.526. The van der Waals surface area contributed by atoms with Crippen LogP contribution in [0.2, 0.25) is 5.02 Å². The molecular weight excluding hydrogens is 292 g/mol. The van der Waals surface area contributed by atoms with Gasteiger partial charge in [-0.1, -0.05) is 60.1 Å². The molecule has 124 valence electrons. The van der Waals surface area contributed by atoms with Crippen molar-refractivity contribution < 1.29 is 0 Å². The van der Waals surface area contributed by atoms with Crippen LogP contribution < -0.4 is 5.32 Å². The van der Waals surface area contributed by atoms with E-state index in [2.05, 4.69) is 31.1 Å². The van der Waals surface area contributed by atoms with Gasteiger partial charge in [-0.25, -0.2) is 0 Å². The molecule has 0 amide bonds. The largest absolute Gasteiger partial charge is 0.384 e. The van der Waals surface area contributed by atoms with Crippen LogP contribution in [0, 0.1) is 5.41 Å². The van der Waals surface area contributed by atoms with Crippen molar-refractivity contribution >= 4 is 28.2 Å². The number of halogens is 1. The summed E-state index contributed by atoms with van der Waals surface area (Å²) in [6.45, 7) is 15.7. The van der Waals surface area contributed by atoms with Crippen LogP contribution >= 0.6 is 11.6 Å². The zero-order valence-electron chi connectivity index (χ0n) is 15.1. The fourth-order valence-electron chi connectivity index (χ4n) is 1.73. The Bertz CT molecular complexity index is 550. The molecule has 1 aromatic heterocycles. The summed E-state index contributed by atoms with van der Waals surface area (Å²) >= 11 is 5.98. The minimum absolute atomic E-state index is 0.294. The van der Waals surface area contributed by atoms with Gasteiger partial charge < -0.3 is 5.32 Å². The van der Waals surface area contributed by atoms with Gasteiger partial charge in [-0.3, -0.25) is 4.98 Å². The molecule has 2 rings (SSSR count). The van der Waals surface area contributed by atoms with Crippen molar-refractivity contribution in [3.63, 3.8) is 0 Å². The number of hydrogen-bond donors (Lipinski definition) is 1. The van der Waals surface area contributed by atoms with Gasteiger partial charge in [-0.15, -0.1) is 0 Å². The number of aromatic nitrogens is 1. The lowest BCUT2D eigenvalue weighted by Gasteiger charge is -2.24. The van der Waals surface area contributed by atoms with Gasteiger partial charge in [0.2, 0.25) is 0 Å². The molecule has 0 unspecified atom stereocenters. The predicted molar refractivity (Wildman–Crippen MR) is 102 cm³/mol. The summed E-state index contributed by atoms with van der Waals surface area (Å²) in [5, 5.41) is 5.36. The minimum Gasteiger partial charge on any atom is -0.384 e. The Morgan fingerprint density at radius 1 is 1.09 bits per heavy atom. The summed E-state index contributed by atoms with van der Waals surface area (Å²) in [6, 6.07) is 7.84. The molecule has 0 aliphatic heterocycles. The van der Waals surface area contributed by atoms with Crippen molar-refractivity contribution in [2.75, 3.05) is 11.9 Å². The van der Waals surface area contributed by atoms with Crippen molar-refractivity contribution in [1.29, 1.82) is 0 Å². The number of fused-ring (bicyclic) bond motifs is 1. The zero-order valence-corrected chi connectivity index (χ0v) is 15.9. The number of benzene rings is 1. The van der Waals surface area contributed by atoms with E-state index in [0.717, 1.165) is 34.6 Å². The van der Waals surface area contributed by atoms with E-state index >= 15 is 0 Å². The van der Waals surface area contributed by atoms with Crippen LogP contribution in [0.4, 0.5) is 5.69 Å². The third-order valence-corrected chi connectivity index (χ3v) is 3.65. The summed E-state index contributed by atoms with van der Waals surface area (Å²) in [7, 11) is 0. The Labute approximate surface area is 141 Å². The fourth-order valence-corrected chi connectivity index (χ4v) is 1.90. The number of nitrogens with one attached hydrogen (secondary N) is 1. The van der Waals surface area contributed by atoms with E-state index in [-0.39, 0.29) is 0 Å². The van der Waals surface area contributed by atoms with Gasteiger partial charge in [0.15, 0.2) is 0 Å². The van der Waals surface area contributed by atoms with Crippen LogP contribution in [-0.2, 0) is 0 Å². The molecule has 2 nitrogen and oxygen atoms in total.